The van der Waals surface area contributed by atoms with Crippen LogP contribution in [0.4, 0.5) is 0 Å². The summed E-state index contributed by atoms with van der Waals surface area (Å²) in [5.74, 6) is 0. The minimum absolute atomic E-state index is 0.137. The van der Waals surface area contributed by atoms with E-state index >= 15 is 0 Å². The number of rotatable bonds is 1. The van der Waals surface area contributed by atoms with Gasteiger partial charge in [-0.2, -0.15) is 0 Å². The lowest BCUT2D eigenvalue weighted by Gasteiger charge is -1.93. The minimum atomic E-state index is -0.137. The van der Waals surface area contributed by atoms with Crippen LogP contribution in [0.5, 0.6) is 0 Å². The van der Waals surface area contributed by atoms with Crippen LogP contribution < -0.4 is 5.56 Å². The molecule has 3 aromatic rings. The van der Waals surface area contributed by atoms with Crippen LogP contribution in [-0.4, -0.2) is 9.97 Å². The SMILES string of the molecule is O=c1[nH]c(=S)[nH]c2sc(-c3ccccc3)cc12. The van der Waals surface area contributed by atoms with Gasteiger partial charge in [-0.25, -0.2) is 0 Å². The minimum Gasteiger partial charge on any atom is -0.323 e. The first-order chi connectivity index (χ1) is 8.24. The van der Waals surface area contributed by atoms with Gasteiger partial charge in [0.1, 0.15) is 4.83 Å². The number of benzene rings is 1. The van der Waals surface area contributed by atoms with Crippen LogP contribution in [0.3, 0.4) is 0 Å². The predicted octanol–water partition coefficient (Wildman–Crippen LogP) is 3.31. The lowest BCUT2D eigenvalue weighted by atomic mass is 10.2. The average molecular weight is 260 g/mol. The molecule has 0 fully saturated rings. The third-order valence-electron chi connectivity index (χ3n) is 2.49. The maximum atomic E-state index is 11.7. The molecule has 0 radical (unpaired) electrons. The normalized spacial score (nSPS) is 10.8. The third-order valence-corrected chi connectivity index (χ3v) is 3.79. The Kier molecular flexibility index (Phi) is 2.42. The van der Waals surface area contributed by atoms with Gasteiger partial charge in [-0.3, -0.25) is 9.78 Å². The predicted molar refractivity (Wildman–Crippen MR) is 73.1 cm³/mol. The van der Waals surface area contributed by atoms with E-state index in [1.54, 1.807) is 0 Å². The zero-order valence-electron chi connectivity index (χ0n) is 8.69. The molecule has 84 valence electrons. The van der Waals surface area contributed by atoms with Crippen molar-refractivity contribution in [3.8, 4) is 10.4 Å². The fourth-order valence-electron chi connectivity index (χ4n) is 1.70. The number of fused-ring (bicyclic) bond motifs is 1. The molecule has 0 unspecified atom stereocenters. The van der Waals surface area contributed by atoms with Gasteiger partial charge in [-0.1, -0.05) is 30.3 Å². The quantitative estimate of drug-likeness (QED) is 0.659. The summed E-state index contributed by atoms with van der Waals surface area (Å²) in [5.41, 5.74) is 0.967. The molecule has 0 saturated carbocycles. The van der Waals surface area contributed by atoms with Crippen molar-refractivity contribution in [3.05, 3.63) is 51.5 Å². The summed E-state index contributed by atoms with van der Waals surface area (Å²) >= 11 is 6.48. The summed E-state index contributed by atoms with van der Waals surface area (Å²) in [6.45, 7) is 0. The first-order valence-corrected chi connectivity index (χ1v) is 6.28. The molecule has 3 rings (SSSR count). The van der Waals surface area contributed by atoms with Crippen molar-refractivity contribution in [2.24, 2.45) is 0 Å². The molecule has 0 atom stereocenters. The lowest BCUT2D eigenvalue weighted by Crippen LogP contribution is -2.05. The number of hydrogen-bond acceptors (Lipinski definition) is 3. The Bertz CT molecular complexity index is 783. The Labute approximate surface area is 106 Å². The fraction of sp³-hybridized carbons (Fsp3) is 0. The number of H-pyrrole nitrogens is 2. The maximum Gasteiger partial charge on any atom is 0.260 e. The molecular weight excluding hydrogens is 252 g/mol. The highest BCUT2D eigenvalue weighted by molar-refractivity contribution is 7.71. The Morgan fingerprint density at radius 2 is 1.88 bits per heavy atom. The van der Waals surface area contributed by atoms with E-state index in [0.717, 1.165) is 15.3 Å². The number of hydrogen-bond donors (Lipinski definition) is 2. The molecule has 0 amide bonds. The van der Waals surface area contributed by atoms with Gasteiger partial charge in [0, 0.05) is 4.88 Å². The molecule has 1 aromatic carbocycles. The van der Waals surface area contributed by atoms with Crippen molar-refractivity contribution in [2.45, 2.75) is 0 Å². The zero-order valence-corrected chi connectivity index (χ0v) is 10.3. The second-order valence-corrected chi connectivity index (χ2v) is 5.09. The van der Waals surface area contributed by atoms with Crippen molar-refractivity contribution in [2.75, 3.05) is 0 Å². The molecule has 0 spiro atoms. The molecule has 5 heteroatoms. The molecule has 0 bridgehead atoms. The highest BCUT2D eigenvalue weighted by Crippen LogP contribution is 2.30. The second kappa shape index (κ2) is 3.94. The van der Waals surface area contributed by atoms with E-state index in [1.807, 2.05) is 36.4 Å². The van der Waals surface area contributed by atoms with Crippen LogP contribution in [0.25, 0.3) is 20.7 Å². The number of aromatic amines is 2. The Morgan fingerprint density at radius 1 is 1.12 bits per heavy atom. The van der Waals surface area contributed by atoms with E-state index in [1.165, 1.54) is 11.3 Å². The van der Waals surface area contributed by atoms with Gasteiger partial charge in [0.15, 0.2) is 4.77 Å². The monoisotopic (exact) mass is 260 g/mol. The summed E-state index contributed by atoms with van der Waals surface area (Å²) in [7, 11) is 0. The van der Waals surface area contributed by atoms with E-state index in [2.05, 4.69) is 9.97 Å². The summed E-state index contributed by atoms with van der Waals surface area (Å²) < 4.78 is 0.365. The van der Waals surface area contributed by atoms with Crippen LogP contribution in [0, 0.1) is 4.77 Å². The standard InChI is InChI=1S/C12H8N2OS2/c15-10-8-6-9(7-4-2-1-3-5-7)17-11(8)14-12(16)13-10/h1-6H,(H2,13,14,15,16). The Balaban J connectivity index is 2.31. The molecule has 0 aliphatic heterocycles. The molecule has 3 nitrogen and oxygen atoms in total. The van der Waals surface area contributed by atoms with Gasteiger partial charge in [0.2, 0.25) is 0 Å². The summed E-state index contributed by atoms with van der Waals surface area (Å²) in [6, 6.07) is 11.9. The molecular formula is C12H8N2OS2. The van der Waals surface area contributed by atoms with Crippen LogP contribution in [0.2, 0.25) is 0 Å². The van der Waals surface area contributed by atoms with Gasteiger partial charge in [-0.05, 0) is 23.8 Å². The van der Waals surface area contributed by atoms with Crippen LogP contribution in [-0.2, 0) is 0 Å². The van der Waals surface area contributed by atoms with Gasteiger partial charge < -0.3 is 4.98 Å². The molecule has 2 N–H and O–H groups in total. The molecule has 17 heavy (non-hydrogen) atoms. The first-order valence-electron chi connectivity index (χ1n) is 5.05. The van der Waals surface area contributed by atoms with Crippen molar-refractivity contribution >= 4 is 33.8 Å². The smallest absolute Gasteiger partial charge is 0.260 e. The topological polar surface area (TPSA) is 48.6 Å². The molecule has 0 saturated heterocycles. The molecule has 0 aliphatic carbocycles. The van der Waals surface area contributed by atoms with Crippen LogP contribution >= 0.6 is 23.6 Å². The highest BCUT2D eigenvalue weighted by Gasteiger charge is 2.06. The van der Waals surface area contributed by atoms with Crippen molar-refractivity contribution in [1.82, 2.24) is 9.97 Å². The van der Waals surface area contributed by atoms with Gasteiger partial charge >= 0.3 is 0 Å². The Morgan fingerprint density at radius 3 is 2.65 bits per heavy atom. The van der Waals surface area contributed by atoms with Gasteiger partial charge in [0.05, 0.1) is 5.39 Å². The molecule has 2 aromatic heterocycles. The fourth-order valence-corrected chi connectivity index (χ4v) is 3.03. The third kappa shape index (κ3) is 1.83. The number of nitrogens with one attached hydrogen (secondary N) is 2. The summed E-state index contributed by atoms with van der Waals surface area (Å²) in [5, 5.41) is 0.655. The van der Waals surface area contributed by atoms with E-state index in [0.29, 0.717) is 10.2 Å². The highest BCUT2D eigenvalue weighted by atomic mass is 32.1. The molecule has 2 heterocycles. The van der Waals surface area contributed by atoms with Gasteiger partial charge in [0.25, 0.3) is 5.56 Å². The van der Waals surface area contributed by atoms with Crippen LogP contribution in [0.15, 0.2) is 41.2 Å². The van der Waals surface area contributed by atoms with Crippen LogP contribution in [0.1, 0.15) is 0 Å². The largest absolute Gasteiger partial charge is 0.323 e. The van der Waals surface area contributed by atoms with E-state index in [-0.39, 0.29) is 5.56 Å². The van der Waals surface area contributed by atoms with E-state index in [4.69, 9.17) is 12.2 Å². The number of thiophene rings is 1. The maximum absolute atomic E-state index is 11.7. The molecule has 0 aliphatic rings. The second-order valence-electron chi connectivity index (χ2n) is 3.63. The average Bonchev–Trinajstić information content (AvgIpc) is 2.74. The van der Waals surface area contributed by atoms with Crippen molar-refractivity contribution < 1.29 is 0 Å². The first kappa shape index (κ1) is 10.4. The van der Waals surface area contributed by atoms with Gasteiger partial charge in [-0.15, -0.1) is 11.3 Å². The van der Waals surface area contributed by atoms with Crippen molar-refractivity contribution in [3.63, 3.8) is 0 Å². The zero-order chi connectivity index (χ0) is 11.8. The van der Waals surface area contributed by atoms with E-state index in [9.17, 15) is 4.79 Å². The van der Waals surface area contributed by atoms with E-state index < -0.39 is 0 Å². The summed E-state index contributed by atoms with van der Waals surface area (Å²) in [4.78, 5) is 19.2. The lowest BCUT2D eigenvalue weighted by molar-refractivity contribution is 1.15. The Hall–Kier alpha value is -1.72. The van der Waals surface area contributed by atoms with Crippen molar-refractivity contribution in [1.29, 1.82) is 0 Å². The summed E-state index contributed by atoms with van der Waals surface area (Å²) in [6.07, 6.45) is 0. The number of aromatic nitrogens is 2.